The zero-order chi connectivity index (χ0) is 13.8. The number of anilines is 2. The third-order valence-corrected chi connectivity index (χ3v) is 3.71. The Morgan fingerprint density at radius 2 is 2.16 bits per heavy atom. The minimum Gasteiger partial charge on any atom is -0.397 e. The number of rotatable bonds is 5. The average Bonchev–Trinajstić information content (AvgIpc) is 2.71. The van der Waals surface area contributed by atoms with Crippen molar-refractivity contribution < 1.29 is 9.18 Å². The number of hydrogen-bond acceptors (Lipinski definition) is 4. The van der Waals surface area contributed by atoms with E-state index in [1.165, 1.54) is 23.5 Å². The Bertz CT molecular complexity index is 597. The van der Waals surface area contributed by atoms with Crippen LogP contribution in [0.1, 0.15) is 15.2 Å². The molecule has 0 unspecified atom stereocenters. The van der Waals surface area contributed by atoms with Crippen molar-refractivity contribution in [1.82, 2.24) is 0 Å². The lowest BCUT2D eigenvalue weighted by molar-refractivity contribution is 0.100. The summed E-state index contributed by atoms with van der Waals surface area (Å²) in [7, 11) is 0. The van der Waals surface area contributed by atoms with Crippen LogP contribution in [0.3, 0.4) is 0 Å². The molecule has 2 rings (SSSR count). The normalized spacial score (nSPS) is 10.4. The molecule has 0 saturated carbocycles. The molecule has 1 heterocycles. The van der Waals surface area contributed by atoms with E-state index in [2.05, 4.69) is 5.32 Å². The van der Waals surface area contributed by atoms with Gasteiger partial charge in [-0.1, -0.05) is 12.1 Å². The van der Waals surface area contributed by atoms with E-state index in [1.54, 1.807) is 12.1 Å². The summed E-state index contributed by atoms with van der Waals surface area (Å²) in [5, 5.41) is 3.92. The fourth-order valence-corrected chi connectivity index (χ4v) is 2.56. The van der Waals surface area contributed by atoms with Crippen molar-refractivity contribution in [3.8, 4) is 0 Å². The maximum absolute atomic E-state index is 13.0. The number of amides is 1. The van der Waals surface area contributed by atoms with Crippen LogP contribution >= 0.6 is 11.3 Å². The molecular weight excluding hydrogens is 265 g/mol. The summed E-state index contributed by atoms with van der Waals surface area (Å²) in [6, 6.07) is 8.13. The first-order valence-corrected chi connectivity index (χ1v) is 6.55. The van der Waals surface area contributed by atoms with E-state index in [0.29, 0.717) is 23.5 Å². The van der Waals surface area contributed by atoms with Crippen LogP contribution in [0.15, 0.2) is 30.3 Å². The molecule has 0 spiro atoms. The van der Waals surface area contributed by atoms with Crippen molar-refractivity contribution >= 4 is 27.9 Å². The van der Waals surface area contributed by atoms with E-state index in [-0.39, 0.29) is 5.82 Å². The predicted octanol–water partition coefficient (Wildman–Crippen LogP) is 2.22. The molecule has 100 valence electrons. The lowest BCUT2D eigenvalue weighted by Gasteiger charge is -2.03. The second kappa shape index (κ2) is 5.71. The molecule has 6 heteroatoms. The first-order chi connectivity index (χ1) is 9.06. The van der Waals surface area contributed by atoms with Crippen LogP contribution in [0, 0.1) is 5.82 Å². The minimum atomic E-state index is -0.527. The quantitative estimate of drug-likeness (QED) is 0.785. The first-order valence-electron chi connectivity index (χ1n) is 5.73. The number of nitrogen functional groups attached to an aromatic ring is 1. The lowest BCUT2D eigenvalue weighted by Crippen LogP contribution is -2.10. The molecule has 2 aromatic rings. The number of thiophene rings is 1. The molecule has 0 fully saturated rings. The molecule has 0 radical (unpaired) electrons. The highest BCUT2D eigenvalue weighted by molar-refractivity contribution is 7.18. The highest BCUT2D eigenvalue weighted by Gasteiger charge is 2.10. The Kier molecular flexibility index (Phi) is 4.01. The number of nitrogens with one attached hydrogen (secondary N) is 1. The number of carbonyl (C=O) groups excluding carboxylic acids is 1. The molecule has 4 nitrogen and oxygen atoms in total. The predicted molar refractivity (Wildman–Crippen MR) is 75.8 cm³/mol. The number of carbonyl (C=O) groups is 1. The van der Waals surface area contributed by atoms with Gasteiger partial charge in [0, 0.05) is 6.54 Å². The maximum Gasteiger partial charge on any atom is 0.260 e. The highest BCUT2D eigenvalue weighted by Crippen LogP contribution is 2.28. The highest BCUT2D eigenvalue weighted by atomic mass is 32.1. The number of primary amides is 1. The summed E-state index contributed by atoms with van der Waals surface area (Å²) in [5.74, 6) is -0.769. The zero-order valence-electron chi connectivity index (χ0n) is 10.2. The maximum atomic E-state index is 13.0. The molecule has 5 N–H and O–H groups in total. The molecule has 0 bridgehead atoms. The van der Waals surface area contributed by atoms with Crippen molar-refractivity contribution in [2.75, 3.05) is 17.6 Å². The van der Waals surface area contributed by atoms with Crippen molar-refractivity contribution in [3.05, 3.63) is 46.6 Å². The van der Waals surface area contributed by atoms with E-state index in [9.17, 15) is 9.18 Å². The van der Waals surface area contributed by atoms with Crippen LogP contribution < -0.4 is 16.8 Å². The summed E-state index contributed by atoms with van der Waals surface area (Å²) < 4.78 is 13.0. The molecule has 0 aliphatic heterocycles. The second-order valence-corrected chi connectivity index (χ2v) is 5.12. The Balaban J connectivity index is 1.92. The van der Waals surface area contributed by atoms with Gasteiger partial charge in [-0.15, -0.1) is 11.3 Å². The largest absolute Gasteiger partial charge is 0.397 e. The van der Waals surface area contributed by atoms with Gasteiger partial charge in [-0.2, -0.15) is 0 Å². The fraction of sp³-hybridized carbons (Fsp3) is 0.154. The Hall–Kier alpha value is -2.08. The smallest absolute Gasteiger partial charge is 0.260 e. The van der Waals surface area contributed by atoms with Crippen LogP contribution in [0.4, 0.5) is 15.1 Å². The standard InChI is InChI=1S/C13H14FN3OS/c14-9-3-1-2-8(6-9)4-5-17-11-7-10(15)12(19-11)13(16)18/h1-3,6-7,17H,4-5,15H2,(H2,16,18). The van der Waals surface area contributed by atoms with Crippen molar-refractivity contribution in [2.24, 2.45) is 5.73 Å². The summed E-state index contributed by atoms with van der Waals surface area (Å²) in [6.07, 6.45) is 0.682. The number of nitrogens with two attached hydrogens (primary N) is 2. The molecule has 0 aliphatic carbocycles. The van der Waals surface area contributed by atoms with Crippen LogP contribution in [-0.2, 0) is 6.42 Å². The molecule has 1 aromatic carbocycles. The van der Waals surface area contributed by atoms with Gasteiger partial charge in [-0.25, -0.2) is 4.39 Å². The monoisotopic (exact) mass is 279 g/mol. The van der Waals surface area contributed by atoms with Crippen LogP contribution in [0.5, 0.6) is 0 Å². The molecule has 1 amide bonds. The van der Waals surface area contributed by atoms with Crippen LogP contribution in [0.25, 0.3) is 0 Å². The summed E-state index contributed by atoms with van der Waals surface area (Å²) in [4.78, 5) is 11.4. The topological polar surface area (TPSA) is 81.1 Å². The van der Waals surface area contributed by atoms with Crippen LogP contribution in [-0.4, -0.2) is 12.5 Å². The molecule has 19 heavy (non-hydrogen) atoms. The van der Waals surface area contributed by atoms with Crippen molar-refractivity contribution in [2.45, 2.75) is 6.42 Å². The zero-order valence-corrected chi connectivity index (χ0v) is 11.0. The molecule has 1 aromatic heterocycles. The van der Waals surface area contributed by atoms with E-state index >= 15 is 0 Å². The number of halogens is 1. The lowest BCUT2D eigenvalue weighted by atomic mass is 10.1. The Morgan fingerprint density at radius 1 is 1.37 bits per heavy atom. The van der Waals surface area contributed by atoms with Gasteiger partial charge < -0.3 is 16.8 Å². The minimum absolute atomic E-state index is 0.242. The third kappa shape index (κ3) is 3.45. The average molecular weight is 279 g/mol. The van der Waals surface area contributed by atoms with Gasteiger partial charge in [0.15, 0.2) is 0 Å². The van der Waals surface area contributed by atoms with Gasteiger partial charge in [0.25, 0.3) is 5.91 Å². The molecular formula is C13H14FN3OS. The Morgan fingerprint density at radius 3 is 2.79 bits per heavy atom. The van der Waals surface area contributed by atoms with E-state index in [1.807, 2.05) is 6.07 Å². The Labute approximate surface area is 114 Å². The van der Waals surface area contributed by atoms with E-state index in [0.717, 1.165) is 10.6 Å². The molecule has 0 saturated heterocycles. The van der Waals surface area contributed by atoms with Crippen LogP contribution in [0.2, 0.25) is 0 Å². The first kappa shape index (κ1) is 13.4. The number of benzene rings is 1. The van der Waals surface area contributed by atoms with Gasteiger partial charge >= 0.3 is 0 Å². The van der Waals surface area contributed by atoms with Crippen molar-refractivity contribution in [1.29, 1.82) is 0 Å². The fourth-order valence-electron chi connectivity index (χ4n) is 1.71. The summed E-state index contributed by atoms with van der Waals surface area (Å²) in [5.41, 5.74) is 12.1. The van der Waals surface area contributed by atoms with Gasteiger partial charge in [0.2, 0.25) is 0 Å². The SMILES string of the molecule is NC(=O)c1sc(NCCc2cccc(F)c2)cc1N. The molecule has 0 aliphatic rings. The number of hydrogen-bond donors (Lipinski definition) is 3. The van der Waals surface area contributed by atoms with Gasteiger partial charge in [0.1, 0.15) is 10.7 Å². The van der Waals surface area contributed by atoms with Gasteiger partial charge in [0.05, 0.1) is 10.7 Å². The molecule has 0 atom stereocenters. The second-order valence-electron chi connectivity index (χ2n) is 4.07. The van der Waals surface area contributed by atoms with Gasteiger partial charge in [-0.3, -0.25) is 4.79 Å². The van der Waals surface area contributed by atoms with E-state index < -0.39 is 5.91 Å². The van der Waals surface area contributed by atoms with E-state index in [4.69, 9.17) is 11.5 Å². The third-order valence-electron chi connectivity index (χ3n) is 2.59. The van der Waals surface area contributed by atoms with Gasteiger partial charge in [-0.05, 0) is 30.2 Å². The summed E-state index contributed by atoms with van der Waals surface area (Å²) >= 11 is 1.22. The summed E-state index contributed by atoms with van der Waals surface area (Å²) in [6.45, 7) is 0.627. The van der Waals surface area contributed by atoms with Crippen molar-refractivity contribution in [3.63, 3.8) is 0 Å².